The summed E-state index contributed by atoms with van der Waals surface area (Å²) in [5.74, 6) is 0.180. The Kier molecular flexibility index (Phi) is 5.97. The number of amides is 1. The monoisotopic (exact) mass is 371 g/mol. The van der Waals surface area contributed by atoms with Gasteiger partial charge >= 0.3 is 0 Å². The topological polar surface area (TPSA) is 81.9 Å². The predicted octanol–water partition coefficient (Wildman–Crippen LogP) is 4.06. The zero-order valence-corrected chi connectivity index (χ0v) is 15.9. The molecule has 0 radical (unpaired) electrons. The van der Waals surface area contributed by atoms with Gasteiger partial charge in [-0.05, 0) is 43.7 Å². The molecule has 0 spiro atoms. The Labute approximate surface area is 164 Å². The van der Waals surface area contributed by atoms with Crippen molar-refractivity contribution in [2.45, 2.75) is 20.4 Å². The smallest absolute Gasteiger partial charge is 0.272 e. The number of nitrogens with one attached hydrogen (secondary N) is 1. The molecule has 0 aliphatic carbocycles. The Morgan fingerprint density at radius 3 is 2.61 bits per heavy atom. The van der Waals surface area contributed by atoms with Gasteiger partial charge in [0.2, 0.25) is 5.95 Å². The highest BCUT2D eigenvalue weighted by atomic mass is 16.2. The molecule has 0 bridgehead atoms. The average Bonchev–Trinajstić information content (AvgIpc) is 2.72. The fraction of sp³-hybridized carbons (Fsp3) is 0.182. The summed E-state index contributed by atoms with van der Waals surface area (Å²) < 4.78 is 0. The zero-order valence-electron chi connectivity index (χ0n) is 15.9. The number of carbonyl (C=O) groups is 1. The molecule has 3 rings (SSSR count). The van der Waals surface area contributed by atoms with Crippen LogP contribution >= 0.6 is 0 Å². The number of carbonyl (C=O) groups excluding carboxylic acids is 1. The SMILES string of the molecule is CCN(Cc1ccccc1)C(=O)c1cc(C)nc(Nc2cccc(C#N)c2)n1. The first kappa shape index (κ1) is 19.1. The minimum Gasteiger partial charge on any atom is -0.333 e. The van der Waals surface area contributed by atoms with Crippen molar-refractivity contribution >= 4 is 17.5 Å². The number of hydrogen-bond acceptors (Lipinski definition) is 5. The second-order valence-electron chi connectivity index (χ2n) is 6.34. The summed E-state index contributed by atoms with van der Waals surface area (Å²) in [7, 11) is 0. The summed E-state index contributed by atoms with van der Waals surface area (Å²) in [5, 5.41) is 12.1. The first-order valence-corrected chi connectivity index (χ1v) is 9.05. The van der Waals surface area contributed by atoms with Crippen LogP contribution in [0.15, 0.2) is 60.7 Å². The fourth-order valence-corrected chi connectivity index (χ4v) is 2.82. The quantitative estimate of drug-likeness (QED) is 0.706. The third kappa shape index (κ3) is 4.71. The van der Waals surface area contributed by atoms with Crippen molar-refractivity contribution < 1.29 is 4.79 Å². The summed E-state index contributed by atoms with van der Waals surface area (Å²) in [4.78, 5) is 23.5. The van der Waals surface area contributed by atoms with Gasteiger partial charge in [-0.3, -0.25) is 4.79 Å². The molecule has 2 aromatic carbocycles. The maximum absolute atomic E-state index is 13.0. The van der Waals surface area contributed by atoms with Gasteiger partial charge in [-0.15, -0.1) is 0 Å². The summed E-state index contributed by atoms with van der Waals surface area (Å²) >= 11 is 0. The summed E-state index contributed by atoms with van der Waals surface area (Å²) in [6.45, 7) is 4.86. The highest BCUT2D eigenvalue weighted by Gasteiger charge is 2.18. The van der Waals surface area contributed by atoms with Crippen LogP contribution < -0.4 is 5.32 Å². The second kappa shape index (κ2) is 8.78. The lowest BCUT2D eigenvalue weighted by Gasteiger charge is -2.21. The van der Waals surface area contributed by atoms with Crippen LogP contribution in [0.3, 0.4) is 0 Å². The Balaban J connectivity index is 1.83. The van der Waals surface area contributed by atoms with Gasteiger partial charge in [0, 0.05) is 24.5 Å². The van der Waals surface area contributed by atoms with E-state index in [4.69, 9.17) is 5.26 Å². The molecule has 1 aromatic heterocycles. The van der Waals surface area contributed by atoms with Gasteiger partial charge in [-0.2, -0.15) is 5.26 Å². The highest BCUT2D eigenvalue weighted by Crippen LogP contribution is 2.17. The number of hydrogen-bond donors (Lipinski definition) is 1. The normalized spacial score (nSPS) is 10.2. The predicted molar refractivity (Wildman–Crippen MR) is 108 cm³/mol. The van der Waals surface area contributed by atoms with E-state index in [1.165, 1.54) is 0 Å². The average molecular weight is 371 g/mol. The van der Waals surface area contributed by atoms with E-state index in [0.29, 0.717) is 41.7 Å². The van der Waals surface area contributed by atoms with E-state index in [-0.39, 0.29) is 5.91 Å². The molecule has 0 saturated heterocycles. The Morgan fingerprint density at radius 2 is 1.89 bits per heavy atom. The van der Waals surface area contributed by atoms with Crippen LogP contribution in [0.1, 0.15) is 34.2 Å². The summed E-state index contributed by atoms with van der Waals surface area (Å²) in [5.41, 5.74) is 3.32. The second-order valence-corrected chi connectivity index (χ2v) is 6.34. The molecular formula is C22H21N5O. The summed E-state index contributed by atoms with van der Waals surface area (Å²) in [6, 6.07) is 20.7. The number of nitrogens with zero attached hydrogens (tertiary/aromatic N) is 4. The van der Waals surface area contributed by atoms with Crippen LogP contribution in [0.2, 0.25) is 0 Å². The Hall–Kier alpha value is -3.72. The van der Waals surface area contributed by atoms with Gasteiger partial charge in [-0.25, -0.2) is 9.97 Å². The number of aryl methyl sites for hydroxylation is 1. The van der Waals surface area contributed by atoms with E-state index in [1.54, 1.807) is 29.2 Å². The molecule has 0 aliphatic rings. The van der Waals surface area contributed by atoms with Crippen molar-refractivity contribution in [3.8, 4) is 6.07 Å². The van der Waals surface area contributed by atoms with E-state index < -0.39 is 0 Å². The van der Waals surface area contributed by atoms with Gasteiger partial charge in [0.1, 0.15) is 5.69 Å². The van der Waals surface area contributed by atoms with Gasteiger partial charge in [-0.1, -0.05) is 36.4 Å². The first-order valence-electron chi connectivity index (χ1n) is 9.05. The molecule has 1 N–H and O–H groups in total. The van der Waals surface area contributed by atoms with E-state index in [2.05, 4.69) is 21.4 Å². The summed E-state index contributed by atoms with van der Waals surface area (Å²) in [6.07, 6.45) is 0. The molecule has 140 valence electrons. The van der Waals surface area contributed by atoms with Crippen LogP contribution in [0.5, 0.6) is 0 Å². The highest BCUT2D eigenvalue weighted by molar-refractivity contribution is 5.92. The van der Waals surface area contributed by atoms with Crippen LogP contribution in [0.25, 0.3) is 0 Å². The standard InChI is InChI=1S/C22H21N5O/c1-3-27(15-17-8-5-4-6-9-17)21(28)20-12-16(2)24-22(26-20)25-19-11-7-10-18(13-19)14-23/h4-13H,3,15H2,1-2H3,(H,24,25,26). The lowest BCUT2D eigenvalue weighted by Crippen LogP contribution is -2.31. The van der Waals surface area contributed by atoms with Crippen LogP contribution in [0, 0.1) is 18.3 Å². The maximum Gasteiger partial charge on any atom is 0.272 e. The third-order valence-electron chi connectivity index (χ3n) is 4.21. The molecule has 6 heteroatoms. The largest absolute Gasteiger partial charge is 0.333 e. The van der Waals surface area contributed by atoms with Gasteiger partial charge in [0.05, 0.1) is 11.6 Å². The molecule has 0 atom stereocenters. The molecule has 6 nitrogen and oxygen atoms in total. The first-order chi connectivity index (χ1) is 13.6. The lowest BCUT2D eigenvalue weighted by atomic mass is 10.2. The molecule has 0 unspecified atom stereocenters. The lowest BCUT2D eigenvalue weighted by molar-refractivity contribution is 0.0746. The number of aromatic nitrogens is 2. The van der Waals surface area contributed by atoms with Crippen molar-refractivity contribution in [3.63, 3.8) is 0 Å². The van der Waals surface area contributed by atoms with E-state index in [9.17, 15) is 4.79 Å². The molecule has 0 aliphatic heterocycles. The van der Waals surface area contributed by atoms with Crippen molar-refractivity contribution in [3.05, 3.63) is 83.2 Å². The van der Waals surface area contributed by atoms with E-state index in [1.807, 2.05) is 50.2 Å². The number of benzene rings is 2. The Morgan fingerprint density at radius 1 is 1.11 bits per heavy atom. The molecule has 3 aromatic rings. The van der Waals surface area contributed by atoms with Crippen molar-refractivity contribution in [2.24, 2.45) is 0 Å². The van der Waals surface area contributed by atoms with E-state index >= 15 is 0 Å². The number of nitriles is 1. The number of rotatable bonds is 6. The minimum absolute atomic E-state index is 0.148. The van der Waals surface area contributed by atoms with Crippen molar-refractivity contribution in [1.29, 1.82) is 5.26 Å². The van der Waals surface area contributed by atoms with Gasteiger partial charge < -0.3 is 10.2 Å². The van der Waals surface area contributed by atoms with Gasteiger partial charge in [0.25, 0.3) is 5.91 Å². The Bertz CT molecular complexity index is 1010. The van der Waals surface area contributed by atoms with Crippen LogP contribution in [-0.2, 0) is 6.54 Å². The maximum atomic E-state index is 13.0. The molecule has 28 heavy (non-hydrogen) atoms. The van der Waals surface area contributed by atoms with Crippen molar-refractivity contribution in [1.82, 2.24) is 14.9 Å². The molecule has 1 amide bonds. The zero-order chi connectivity index (χ0) is 19.9. The molecule has 0 fully saturated rings. The van der Waals surface area contributed by atoms with Crippen molar-refractivity contribution in [2.75, 3.05) is 11.9 Å². The minimum atomic E-state index is -0.148. The molecule has 0 saturated carbocycles. The number of anilines is 2. The van der Waals surface area contributed by atoms with Crippen LogP contribution in [-0.4, -0.2) is 27.3 Å². The molecule has 1 heterocycles. The van der Waals surface area contributed by atoms with Gasteiger partial charge in [0.15, 0.2) is 0 Å². The molecular weight excluding hydrogens is 350 g/mol. The van der Waals surface area contributed by atoms with Crippen LogP contribution in [0.4, 0.5) is 11.6 Å². The van der Waals surface area contributed by atoms with E-state index in [0.717, 1.165) is 5.56 Å². The fourth-order valence-electron chi connectivity index (χ4n) is 2.82. The third-order valence-corrected chi connectivity index (χ3v) is 4.21.